The fourth-order valence-corrected chi connectivity index (χ4v) is 3.74. The van der Waals surface area contributed by atoms with Gasteiger partial charge < -0.3 is 14.8 Å². The average molecular weight is 453 g/mol. The number of nitrogens with one attached hydrogen (secondary N) is 2. The van der Waals surface area contributed by atoms with Crippen molar-refractivity contribution in [3.8, 4) is 5.75 Å². The van der Waals surface area contributed by atoms with Crippen molar-refractivity contribution >= 4 is 18.0 Å². The number of nitrogens with zero attached hydrogens (tertiary/aromatic N) is 2. The second-order valence-corrected chi connectivity index (χ2v) is 7.76. The summed E-state index contributed by atoms with van der Waals surface area (Å²) >= 11 is 0. The minimum absolute atomic E-state index is 0.0799. The molecule has 1 fully saturated rings. The molecular formula is C25H32N4O4. The summed E-state index contributed by atoms with van der Waals surface area (Å²) in [5.41, 5.74) is 4.12. The molecule has 2 N–H and O–H groups in total. The molecule has 1 saturated heterocycles. The van der Waals surface area contributed by atoms with E-state index in [9.17, 15) is 9.59 Å². The predicted molar refractivity (Wildman–Crippen MR) is 128 cm³/mol. The Morgan fingerprint density at radius 1 is 1.09 bits per heavy atom. The highest BCUT2D eigenvalue weighted by atomic mass is 16.5. The molecule has 1 heterocycles. The molecule has 1 aliphatic heterocycles. The number of benzene rings is 2. The minimum atomic E-state index is -0.298. The summed E-state index contributed by atoms with van der Waals surface area (Å²) < 4.78 is 10.8. The Morgan fingerprint density at radius 3 is 2.58 bits per heavy atom. The molecule has 0 saturated carbocycles. The molecule has 1 unspecified atom stereocenters. The molecule has 1 atom stereocenters. The van der Waals surface area contributed by atoms with E-state index in [1.165, 1.54) is 0 Å². The first-order chi connectivity index (χ1) is 16.2. The topological polar surface area (TPSA) is 92.3 Å². The van der Waals surface area contributed by atoms with Gasteiger partial charge in [0.2, 0.25) is 0 Å². The number of hydrazone groups is 1. The first-order valence-electron chi connectivity index (χ1n) is 11.3. The normalized spacial score (nSPS) is 15.2. The van der Waals surface area contributed by atoms with Crippen molar-refractivity contribution in [2.24, 2.45) is 5.10 Å². The fraction of sp³-hybridized carbons (Fsp3) is 0.400. The van der Waals surface area contributed by atoms with Gasteiger partial charge in [-0.3, -0.25) is 14.5 Å². The van der Waals surface area contributed by atoms with Crippen LogP contribution in [0.2, 0.25) is 0 Å². The molecule has 2 aromatic rings. The highest BCUT2D eigenvalue weighted by Gasteiger charge is 2.26. The molecule has 8 heteroatoms. The quantitative estimate of drug-likeness (QED) is 0.310. The van der Waals surface area contributed by atoms with Gasteiger partial charge in [0.15, 0.2) is 0 Å². The van der Waals surface area contributed by atoms with E-state index in [0.29, 0.717) is 50.6 Å². The summed E-state index contributed by atoms with van der Waals surface area (Å²) in [6.07, 6.45) is 3.86. The summed E-state index contributed by atoms with van der Waals surface area (Å²) in [6.45, 7) is 3.21. The van der Waals surface area contributed by atoms with Crippen LogP contribution in [0.3, 0.4) is 0 Å². The molecule has 0 aliphatic carbocycles. The van der Waals surface area contributed by atoms with Crippen LogP contribution in [0.25, 0.3) is 0 Å². The Kier molecular flexibility index (Phi) is 9.87. The maximum absolute atomic E-state index is 12.9. The van der Waals surface area contributed by atoms with Gasteiger partial charge in [0, 0.05) is 30.8 Å². The van der Waals surface area contributed by atoms with Crippen molar-refractivity contribution in [3.05, 3.63) is 65.7 Å². The van der Waals surface area contributed by atoms with Crippen molar-refractivity contribution in [2.45, 2.75) is 25.3 Å². The van der Waals surface area contributed by atoms with Gasteiger partial charge in [-0.05, 0) is 43.5 Å². The van der Waals surface area contributed by atoms with Crippen molar-refractivity contribution in [3.63, 3.8) is 0 Å². The van der Waals surface area contributed by atoms with Gasteiger partial charge in [-0.2, -0.15) is 5.10 Å². The monoisotopic (exact) mass is 452 g/mol. The van der Waals surface area contributed by atoms with E-state index >= 15 is 0 Å². The highest BCUT2D eigenvalue weighted by Crippen LogP contribution is 2.15. The number of para-hydroxylation sites is 1. The second-order valence-electron chi connectivity index (χ2n) is 7.76. The van der Waals surface area contributed by atoms with Crippen molar-refractivity contribution in [1.29, 1.82) is 0 Å². The number of carbonyl (C=O) groups excluding carboxylic acids is 2. The van der Waals surface area contributed by atoms with Crippen molar-refractivity contribution in [1.82, 2.24) is 15.6 Å². The van der Waals surface area contributed by atoms with Crippen LogP contribution < -0.4 is 15.5 Å². The highest BCUT2D eigenvalue weighted by molar-refractivity contribution is 5.94. The number of rotatable bonds is 11. The zero-order valence-corrected chi connectivity index (χ0v) is 19.0. The first-order valence-corrected chi connectivity index (χ1v) is 11.3. The molecule has 2 aromatic carbocycles. The van der Waals surface area contributed by atoms with Gasteiger partial charge in [-0.15, -0.1) is 0 Å². The molecule has 1 aliphatic rings. The third-order valence-corrected chi connectivity index (χ3v) is 5.53. The number of methoxy groups -OCH3 is 1. The van der Waals surface area contributed by atoms with Gasteiger partial charge in [0.05, 0.1) is 32.6 Å². The number of amides is 2. The Morgan fingerprint density at radius 2 is 1.82 bits per heavy atom. The Balaban J connectivity index is 1.49. The Hall–Kier alpha value is -3.23. The van der Waals surface area contributed by atoms with Gasteiger partial charge in [0.25, 0.3) is 11.8 Å². The lowest BCUT2D eigenvalue weighted by molar-refractivity contribution is -0.128. The van der Waals surface area contributed by atoms with E-state index in [1.807, 2.05) is 42.5 Å². The minimum Gasteiger partial charge on any atom is -0.496 e. The molecule has 0 aromatic heterocycles. The number of hydrogen-bond donors (Lipinski definition) is 2. The zero-order valence-electron chi connectivity index (χ0n) is 19.0. The number of morpholine rings is 1. The molecule has 2 amide bonds. The largest absolute Gasteiger partial charge is 0.496 e. The van der Waals surface area contributed by atoms with Crippen LogP contribution in [-0.4, -0.2) is 68.9 Å². The second kappa shape index (κ2) is 13.3. The van der Waals surface area contributed by atoms with Crippen molar-refractivity contribution in [2.75, 3.05) is 40.0 Å². The maximum Gasteiger partial charge on any atom is 0.257 e. The average Bonchev–Trinajstić information content (AvgIpc) is 2.87. The lowest BCUT2D eigenvalue weighted by Gasteiger charge is -2.33. The summed E-state index contributed by atoms with van der Waals surface area (Å²) in [6, 6.07) is 16.3. The van der Waals surface area contributed by atoms with Crippen LogP contribution in [0.4, 0.5) is 0 Å². The van der Waals surface area contributed by atoms with Crippen LogP contribution in [0, 0.1) is 0 Å². The molecule has 176 valence electrons. The van der Waals surface area contributed by atoms with Crippen LogP contribution in [-0.2, 0) is 9.53 Å². The van der Waals surface area contributed by atoms with Gasteiger partial charge in [-0.25, -0.2) is 5.43 Å². The van der Waals surface area contributed by atoms with Crippen LogP contribution >= 0.6 is 0 Å². The van der Waals surface area contributed by atoms with E-state index < -0.39 is 0 Å². The van der Waals surface area contributed by atoms with E-state index in [1.54, 1.807) is 25.5 Å². The van der Waals surface area contributed by atoms with E-state index in [-0.39, 0.29) is 17.9 Å². The maximum atomic E-state index is 12.9. The van der Waals surface area contributed by atoms with E-state index in [4.69, 9.17) is 9.47 Å². The Labute approximate surface area is 195 Å². The number of hydrogen-bond acceptors (Lipinski definition) is 6. The smallest absolute Gasteiger partial charge is 0.257 e. The summed E-state index contributed by atoms with van der Waals surface area (Å²) in [4.78, 5) is 27.2. The van der Waals surface area contributed by atoms with Crippen LogP contribution in [0.5, 0.6) is 5.75 Å². The van der Waals surface area contributed by atoms with Gasteiger partial charge >= 0.3 is 0 Å². The molecule has 0 radical (unpaired) electrons. The summed E-state index contributed by atoms with van der Waals surface area (Å²) in [7, 11) is 1.60. The van der Waals surface area contributed by atoms with Gasteiger partial charge in [0.1, 0.15) is 5.75 Å². The fourth-order valence-electron chi connectivity index (χ4n) is 3.74. The lowest BCUT2D eigenvalue weighted by Crippen LogP contribution is -2.50. The van der Waals surface area contributed by atoms with E-state index in [0.717, 1.165) is 18.4 Å². The first kappa shape index (κ1) is 24.4. The zero-order chi connectivity index (χ0) is 23.3. The summed E-state index contributed by atoms with van der Waals surface area (Å²) in [5, 5.41) is 7.08. The molecule has 3 rings (SSSR count). The van der Waals surface area contributed by atoms with Crippen LogP contribution in [0.15, 0.2) is 59.7 Å². The van der Waals surface area contributed by atoms with Gasteiger partial charge in [-0.1, -0.05) is 30.3 Å². The lowest BCUT2D eigenvalue weighted by atomic mass is 10.1. The van der Waals surface area contributed by atoms with Crippen LogP contribution in [0.1, 0.15) is 35.2 Å². The van der Waals surface area contributed by atoms with Crippen molar-refractivity contribution < 1.29 is 19.1 Å². The molecule has 33 heavy (non-hydrogen) atoms. The number of unbranched alkanes of at least 4 members (excludes halogenated alkanes) is 1. The molecule has 0 bridgehead atoms. The standard InChI is InChI=1S/C25H32N4O4/c1-32-23-13-6-5-11-21(23)19-27-28-25(31)22(29-15-17-33-18-16-29)12-7-8-14-26-24(30)20-9-3-2-4-10-20/h2-6,9-11,13,19,22H,7-8,12,14-18H2,1H3,(H,26,30)(H,28,31)/b27-19+. The van der Waals surface area contributed by atoms with E-state index in [2.05, 4.69) is 20.7 Å². The molecular weight excluding hydrogens is 420 g/mol. The summed E-state index contributed by atoms with van der Waals surface area (Å²) in [5.74, 6) is 0.470. The predicted octanol–water partition coefficient (Wildman–Crippen LogP) is 2.45. The third-order valence-electron chi connectivity index (χ3n) is 5.53. The SMILES string of the molecule is COc1ccccc1/C=N/NC(=O)C(CCCCNC(=O)c1ccccc1)N1CCOCC1. The molecule has 0 spiro atoms. The number of carbonyl (C=O) groups is 2. The third kappa shape index (κ3) is 7.69. The Bertz CT molecular complexity index is 914. The molecule has 8 nitrogen and oxygen atoms in total. The number of ether oxygens (including phenoxy) is 2.